The Bertz CT molecular complexity index is 357. The minimum Gasteiger partial charge on any atom is -0.381 e. The van der Waals surface area contributed by atoms with Crippen LogP contribution in [0.5, 0.6) is 0 Å². The topological polar surface area (TPSA) is 24.1 Å². The molecular formula is C13H19FN2. The summed E-state index contributed by atoms with van der Waals surface area (Å²) in [5, 5.41) is 6.81. The van der Waals surface area contributed by atoms with Crippen LogP contribution in [0.4, 0.5) is 10.1 Å². The minimum absolute atomic E-state index is 0.507. The van der Waals surface area contributed by atoms with Gasteiger partial charge in [-0.15, -0.1) is 0 Å². The van der Waals surface area contributed by atoms with E-state index in [9.17, 15) is 4.39 Å². The van der Waals surface area contributed by atoms with Crippen molar-refractivity contribution >= 4 is 5.69 Å². The fourth-order valence-corrected chi connectivity index (χ4v) is 2.09. The zero-order valence-electron chi connectivity index (χ0n) is 9.89. The molecule has 1 fully saturated rings. The molecule has 2 rings (SSSR count). The van der Waals surface area contributed by atoms with E-state index < -0.39 is 6.17 Å². The average Bonchev–Trinajstić information content (AvgIpc) is 2.73. The Morgan fingerprint density at radius 3 is 2.88 bits per heavy atom. The molecule has 0 radical (unpaired) electrons. The third-order valence-corrected chi connectivity index (χ3v) is 3.13. The first-order valence-corrected chi connectivity index (χ1v) is 5.88. The highest BCUT2D eigenvalue weighted by Gasteiger charge is 2.15. The molecule has 2 N–H and O–H groups in total. The number of aryl methyl sites for hydroxylation is 1. The van der Waals surface area contributed by atoms with Crippen molar-refractivity contribution in [2.24, 2.45) is 0 Å². The molecule has 0 bridgehead atoms. The maximum absolute atomic E-state index is 13.1. The summed E-state index contributed by atoms with van der Waals surface area (Å²) in [4.78, 5) is 0. The molecule has 0 aromatic heterocycles. The molecule has 1 aromatic carbocycles. The van der Waals surface area contributed by atoms with E-state index in [0.717, 1.165) is 36.3 Å². The Balaban J connectivity index is 2.09. The molecule has 1 aliphatic heterocycles. The first-order valence-electron chi connectivity index (χ1n) is 5.88. The van der Waals surface area contributed by atoms with Crippen molar-refractivity contribution in [3.8, 4) is 0 Å². The molecule has 1 saturated heterocycles. The van der Waals surface area contributed by atoms with Crippen LogP contribution < -0.4 is 10.6 Å². The van der Waals surface area contributed by atoms with E-state index in [2.05, 4.69) is 10.6 Å². The van der Waals surface area contributed by atoms with Crippen LogP contribution in [0, 0.1) is 6.92 Å². The molecule has 0 aliphatic carbocycles. The fraction of sp³-hybridized carbons (Fsp3) is 0.538. The molecule has 2 nitrogen and oxygen atoms in total. The number of hydrogen-bond donors (Lipinski definition) is 2. The molecule has 16 heavy (non-hydrogen) atoms. The van der Waals surface area contributed by atoms with Gasteiger partial charge >= 0.3 is 0 Å². The van der Waals surface area contributed by atoms with Crippen LogP contribution in [0.15, 0.2) is 18.2 Å². The van der Waals surface area contributed by atoms with E-state index in [4.69, 9.17) is 0 Å². The fourth-order valence-electron chi connectivity index (χ4n) is 2.09. The zero-order valence-corrected chi connectivity index (χ0v) is 9.89. The molecule has 88 valence electrons. The van der Waals surface area contributed by atoms with Crippen LogP contribution in [0.2, 0.25) is 0 Å². The van der Waals surface area contributed by atoms with Gasteiger partial charge in [-0.3, -0.25) is 0 Å². The second kappa shape index (κ2) is 4.83. The lowest BCUT2D eigenvalue weighted by molar-refractivity contribution is 0.374. The number of nitrogens with one attached hydrogen (secondary N) is 2. The van der Waals surface area contributed by atoms with E-state index >= 15 is 0 Å². The molecule has 2 unspecified atom stereocenters. The molecule has 0 saturated carbocycles. The minimum atomic E-state index is -0.888. The van der Waals surface area contributed by atoms with Crippen molar-refractivity contribution in [1.82, 2.24) is 5.32 Å². The summed E-state index contributed by atoms with van der Waals surface area (Å²) in [6.07, 6.45) is 0.265. The van der Waals surface area contributed by atoms with Gasteiger partial charge in [0.15, 0.2) is 0 Å². The molecule has 0 spiro atoms. The number of hydrogen-bond acceptors (Lipinski definition) is 2. The molecule has 1 heterocycles. The molecule has 2 atom stereocenters. The van der Waals surface area contributed by atoms with Crippen LogP contribution in [-0.4, -0.2) is 19.1 Å². The van der Waals surface area contributed by atoms with Gasteiger partial charge in [0.25, 0.3) is 0 Å². The van der Waals surface area contributed by atoms with Crippen LogP contribution in [0.25, 0.3) is 0 Å². The largest absolute Gasteiger partial charge is 0.381 e. The lowest BCUT2D eigenvalue weighted by Crippen LogP contribution is -2.22. The normalized spacial score (nSPS) is 22.1. The summed E-state index contributed by atoms with van der Waals surface area (Å²) in [6.45, 7) is 5.69. The summed E-state index contributed by atoms with van der Waals surface area (Å²) in [7, 11) is 0. The number of benzene rings is 1. The lowest BCUT2D eigenvalue weighted by Gasteiger charge is -2.16. The molecule has 1 aromatic rings. The molecule has 1 aliphatic rings. The van der Waals surface area contributed by atoms with Crippen molar-refractivity contribution in [3.63, 3.8) is 0 Å². The standard InChI is InChI=1S/C13H19FN2/c1-9-7-11(10(2)14)3-4-13(9)16-12-5-6-15-8-12/h3-4,7,10,12,15-16H,5-6,8H2,1-2H3. The first-order chi connectivity index (χ1) is 7.66. The van der Waals surface area contributed by atoms with Crippen LogP contribution in [-0.2, 0) is 0 Å². The maximum atomic E-state index is 13.1. The average molecular weight is 222 g/mol. The highest BCUT2D eigenvalue weighted by atomic mass is 19.1. The number of anilines is 1. The van der Waals surface area contributed by atoms with E-state index in [-0.39, 0.29) is 0 Å². The highest BCUT2D eigenvalue weighted by Crippen LogP contribution is 2.23. The van der Waals surface area contributed by atoms with E-state index in [1.807, 2.05) is 25.1 Å². The van der Waals surface area contributed by atoms with E-state index in [1.165, 1.54) is 0 Å². The molecule has 0 amide bonds. The Morgan fingerprint density at radius 1 is 1.50 bits per heavy atom. The van der Waals surface area contributed by atoms with Crippen molar-refractivity contribution in [1.29, 1.82) is 0 Å². The van der Waals surface area contributed by atoms with Gasteiger partial charge in [0.1, 0.15) is 6.17 Å². The third kappa shape index (κ3) is 2.53. The van der Waals surface area contributed by atoms with Crippen LogP contribution in [0.3, 0.4) is 0 Å². The number of alkyl halides is 1. The Labute approximate surface area is 96.2 Å². The van der Waals surface area contributed by atoms with Crippen molar-refractivity contribution in [2.75, 3.05) is 18.4 Å². The molecular weight excluding hydrogens is 203 g/mol. The SMILES string of the molecule is Cc1cc(C(C)F)ccc1NC1CCNC1. The van der Waals surface area contributed by atoms with Gasteiger partial charge in [0, 0.05) is 18.3 Å². The quantitative estimate of drug-likeness (QED) is 0.821. The summed E-state index contributed by atoms with van der Waals surface area (Å²) < 4.78 is 13.1. The summed E-state index contributed by atoms with van der Waals surface area (Å²) in [5.74, 6) is 0. The van der Waals surface area contributed by atoms with Gasteiger partial charge in [-0.25, -0.2) is 4.39 Å². The summed E-state index contributed by atoms with van der Waals surface area (Å²) in [5.41, 5.74) is 3.00. The van der Waals surface area contributed by atoms with E-state index in [0.29, 0.717) is 6.04 Å². The highest BCUT2D eigenvalue weighted by molar-refractivity contribution is 5.53. The smallest absolute Gasteiger partial charge is 0.122 e. The van der Waals surface area contributed by atoms with Crippen molar-refractivity contribution in [2.45, 2.75) is 32.5 Å². The second-order valence-corrected chi connectivity index (χ2v) is 4.52. The predicted octanol–water partition coefficient (Wildman–Crippen LogP) is 2.80. The second-order valence-electron chi connectivity index (χ2n) is 4.52. The van der Waals surface area contributed by atoms with Gasteiger partial charge in [-0.2, -0.15) is 0 Å². The molecule has 3 heteroatoms. The predicted molar refractivity (Wildman–Crippen MR) is 65.6 cm³/mol. The number of rotatable bonds is 3. The monoisotopic (exact) mass is 222 g/mol. The number of halogens is 1. The van der Waals surface area contributed by atoms with Crippen molar-refractivity contribution < 1.29 is 4.39 Å². The maximum Gasteiger partial charge on any atom is 0.122 e. The van der Waals surface area contributed by atoms with E-state index in [1.54, 1.807) is 6.92 Å². The van der Waals surface area contributed by atoms with Crippen LogP contribution in [0.1, 0.15) is 30.6 Å². The van der Waals surface area contributed by atoms with Crippen molar-refractivity contribution in [3.05, 3.63) is 29.3 Å². The van der Waals surface area contributed by atoms with Gasteiger partial charge in [-0.1, -0.05) is 12.1 Å². The van der Waals surface area contributed by atoms with Gasteiger partial charge < -0.3 is 10.6 Å². The van der Waals surface area contributed by atoms with Gasteiger partial charge in [0.2, 0.25) is 0 Å². The Kier molecular flexibility index (Phi) is 3.44. The van der Waals surface area contributed by atoms with Gasteiger partial charge in [-0.05, 0) is 44.0 Å². The van der Waals surface area contributed by atoms with Gasteiger partial charge in [0.05, 0.1) is 0 Å². The Hall–Kier alpha value is -1.09. The van der Waals surface area contributed by atoms with Crippen LogP contribution >= 0.6 is 0 Å². The summed E-state index contributed by atoms with van der Waals surface area (Å²) >= 11 is 0. The Morgan fingerprint density at radius 2 is 2.31 bits per heavy atom. The lowest BCUT2D eigenvalue weighted by atomic mass is 10.1. The first kappa shape index (κ1) is 11.4. The summed E-state index contributed by atoms with van der Waals surface area (Å²) in [6, 6.07) is 6.28. The zero-order chi connectivity index (χ0) is 11.5. The third-order valence-electron chi connectivity index (χ3n) is 3.13.